The minimum absolute atomic E-state index is 0.00427. The van der Waals surface area contributed by atoms with E-state index >= 15 is 0 Å². The van der Waals surface area contributed by atoms with Gasteiger partial charge < -0.3 is 9.64 Å². The van der Waals surface area contributed by atoms with Gasteiger partial charge in [0.2, 0.25) is 5.91 Å². The Morgan fingerprint density at radius 2 is 1.80 bits per heavy atom. The van der Waals surface area contributed by atoms with E-state index in [1.807, 2.05) is 17.2 Å². The second-order valence-electron chi connectivity index (χ2n) is 10.3. The monoisotopic (exact) mass is 477 g/mol. The number of carbonyl (C=O) groups excluding carboxylic acids is 1. The third-order valence-corrected chi connectivity index (χ3v) is 7.70. The molecule has 3 aliphatic heterocycles. The van der Waals surface area contributed by atoms with E-state index in [0.717, 1.165) is 75.7 Å². The van der Waals surface area contributed by atoms with Crippen LogP contribution in [0.3, 0.4) is 0 Å². The largest absolute Gasteiger partial charge is 0.491 e. The number of aromatic nitrogens is 1. The Kier molecular flexibility index (Phi) is 7.96. The van der Waals surface area contributed by atoms with Crippen molar-refractivity contribution in [3.63, 3.8) is 0 Å². The van der Waals surface area contributed by atoms with Gasteiger partial charge in [0.25, 0.3) is 0 Å². The first-order valence-electron chi connectivity index (χ1n) is 13.2. The molecule has 4 heterocycles. The van der Waals surface area contributed by atoms with Gasteiger partial charge in [-0.1, -0.05) is 25.0 Å². The third kappa shape index (κ3) is 6.21. The predicted octanol–water partition coefficient (Wildman–Crippen LogP) is 2.99. The Balaban J connectivity index is 1.19. The van der Waals surface area contributed by atoms with E-state index < -0.39 is 0 Å². The molecule has 2 fully saturated rings. The Morgan fingerprint density at radius 1 is 0.971 bits per heavy atom. The van der Waals surface area contributed by atoms with Crippen LogP contribution in [-0.2, 0) is 24.4 Å². The molecule has 1 aromatic heterocycles. The second kappa shape index (κ2) is 11.5. The van der Waals surface area contributed by atoms with Crippen molar-refractivity contribution in [1.29, 1.82) is 0 Å². The molecule has 35 heavy (non-hydrogen) atoms. The Labute approximate surface area is 209 Å². The quantitative estimate of drug-likeness (QED) is 0.660. The molecule has 0 N–H and O–H groups in total. The van der Waals surface area contributed by atoms with Crippen LogP contribution in [0.1, 0.15) is 42.5 Å². The maximum atomic E-state index is 13.5. The van der Waals surface area contributed by atoms with Crippen LogP contribution in [0.5, 0.6) is 5.75 Å². The molecule has 1 amide bonds. The molecule has 2 saturated heterocycles. The van der Waals surface area contributed by atoms with Gasteiger partial charge in [-0.25, -0.2) is 0 Å². The van der Waals surface area contributed by atoms with Crippen molar-refractivity contribution >= 4 is 5.91 Å². The summed E-state index contributed by atoms with van der Waals surface area (Å²) in [5.74, 6) is 1.19. The molecule has 2 aromatic rings. The van der Waals surface area contributed by atoms with E-state index in [9.17, 15) is 4.79 Å². The number of hydrogen-bond acceptors (Lipinski definition) is 6. The number of carbonyl (C=O) groups is 1. The van der Waals surface area contributed by atoms with Crippen molar-refractivity contribution in [2.45, 2.75) is 51.4 Å². The van der Waals surface area contributed by atoms with Crippen LogP contribution in [0.2, 0.25) is 0 Å². The number of hydrogen-bond donors (Lipinski definition) is 0. The summed E-state index contributed by atoms with van der Waals surface area (Å²) < 4.78 is 6.05. The molecule has 5 rings (SSSR count). The summed E-state index contributed by atoms with van der Waals surface area (Å²) in [4.78, 5) is 27.2. The lowest BCUT2D eigenvalue weighted by molar-refractivity contribution is -0.137. The summed E-state index contributed by atoms with van der Waals surface area (Å²) >= 11 is 0. The normalized spacial score (nSPS) is 22.7. The number of likely N-dealkylation sites (tertiary alicyclic amines) is 1. The highest BCUT2D eigenvalue weighted by Gasteiger charge is 2.30. The molecule has 188 valence electrons. The Morgan fingerprint density at radius 3 is 2.60 bits per heavy atom. The first-order valence-corrected chi connectivity index (χ1v) is 13.2. The minimum atomic E-state index is 0.00427. The zero-order valence-electron chi connectivity index (χ0n) is 21.1. The molecule has 0 bridgehead atoms. The minimum Gasteiger partial charge on any atom is -0.491 e. The highest BCUT2D eigenvalue weighted by atomic mass is 16.5. The van der Waals surface area contributed by atoms with Crippen LogP contribution in [0.25, 0.3) is 0 Å². The smallest absolute Gasteiger partial charge is 0.240 e. The topological polar surface area (TPSA) is 52.2 Å². The molecular formula is C28H39N5O2. The summed E-state index contributed by atoms with van der Waals surface area (Å²) in [6.45, 7) is 8.95. The average molecular weight is 478 g/mol. The van der Waals surface area contributed by atoms with Crippen LogP contribution in [-0.4, -0.2) is 89.5 Å². The molecule has 0 radical (unpaired) electrons. The number of likely N-dealkylation sites (N-methyl/N-ethyl adjacent to an activating group) is 1. The van der Waals surface area contributed by atoms with Crippen LogP contribution in [0.4, 0.5) is 0 Å². The molecule has 7 heteroatoms. The molecular weight excluding hydrogens is 438 g/mol. The Bertz CT molecular complexity index is 977. The number of fused-ring (bicyclic) bond motifs is 1. The van der Waals surface area contributed by atoms with E-state index in [1.54, 1.807) is 0 Å². The molecule has 3 aliphatic rings. The van der Waals surface area contributed by atoms with Gasteiger partial charge in [-0.2, -0.15) is 0 Å². The van der Waals surface area contributed by atoms with Gasteiger partial charge in [0.05, 0.1) is 18.3 Å². The van der Waals surface area contributed by atoms with Gasteiger partial charge in [-0.3, -0.25) is 24.5 Å². The van der Waals surface area contributed by atoms with Crippen molar-refractivity contribution in [1.82, 2.24) is 24.6 Å². The van der Waals surface area contributed by atoms with Gasteiger partial charge >= 0.3 is 0 Å². The lowest BCUT2D eigenvalue weighted by Crippen LogP contribution is -2.47. The van der Waals surface area contributed by atoms with Crippen molar-refractivity contribution in [2.24, 2.45) is 0 Å². The number of pyridine rings is 1. The number of ether oxygens (including phenoxy) is 1. The van der Waals surface area contributed by atoms with Crippen LogP contribution < -0.4 is 4.74 Å². The molecule has 1 unspecified atom stereocenters. The number of rotatable bonds is 5. The maximum Gasteiger partial charge on any atom is 0.240 e. The molecule has 0 saturated carbocycles. The van der Waals surface area contributed by atoms with Crippen molar-refractivity contribution in [3.05, 3.63) is 59.4 Å². The summed E-state index contributed by atoms with van der Waals surface area (Å²) in [6.07, 6.45) is 6.39. The van der Waals surface area contributed by atoms with Crippen LogP contribution >= 0.6 is 0 Å². The van der Waals surface area contributed by atoms with Gasteiger partial charge in [0.15, 0.2) is 0 Å². The highest BCUT2D eigenvalue weighted by molar-refractivity contribution is 5.82. The third-order valence-electron chi connectivity index (χ3n) is 7.70. The summed E-state index contributed by atoms with van der Waals surface area (Å²) in [6, 6.07) is 12.7. The number of nitrogens with zero attached hydrogens (tertiary/aromatic N) is 5. The Hall–Kier alpha value is -2.48. The lowest BCUT2D eigenvalue weighted by atomic mass is 10.1. The van der Waals surface area contributed by atoms with Gasteiger partial charge in [-0.05, 0) is 56.3 Å². The fourth-order valence-corrected chi connectivity index (χ4v) is 5.59. The zero-order chi connectivity index (χ0) is 24.0. The second-order valence-corrected chi connectivity index (χ2v) is 10.3. The summed E-state index contributed by atoms with van der Waals surface area (Å²) in [7, 11) is 2.10. The molecule has 1 aromatic carbocycles. The predicted molar refractivity (Wildman–Crippen MR) is 137 cm³/mol. The van der Waals surface area contributed by atoms with Crippen molar-refractivity contribution in [2.75, 3.05) is 52.9 Å². The number of benzene rings is 1. The van der Waals surface area contributed by atoms with Gasteiger partial charge in [-0.15, -0.1) is 0 Å². The van der Waals surface area contributed by atoms with E-state index in [0.29, 0.717) is 19.7 Å². The van der Waals surface area contributed by atoms with E-state index in [2.05, 4.69) is 57.1 Å². The lowest BCUT2D eigenvalue weighted by Gasteiger charge is -2.34. The molecule has 7 nitrogen and oxygen atoms in total. The molecule has 0 spiro atoms. The van der Waals surface area contributed by atoms with E-state index in [-0.39, 0.29) is 11.9 Å². The first-order chi connectivity index (χ1) is 17.2. The van der Waals surface area contributed by atoms with Crippen LogP contribution in [0.15, 0.2) is 42.6 Å². The fourth-order valence-electron chi connectivity index (χ4n) is 5.59. The van der Waals surface area contributed by atoms with Gasteiger partial charge in [0, 0.05) is 57.6 Å². The first kappa shape index (κ1) is 24.2. The van der Waals surface area contributed by atoms with Crippen molar-refractivity contribution in [3.8, 4) is 5.75 Å². The zero-order valence-corrected chi connectivity index (χ0v) is 21.1. The maximum absolute atomic E-state index is 13.5. The fraction of sp³-hybridized carbons (Fsp3) is 0.571. The average Bonchev–Trinajstić information content (AvgIpc) is 3.23. The number of piperazine rings is 1. The van der Waals surface area contributed by atoms with E-state index in [1.165, 1.54) is 18.4 Å². The van der Waals surface area contributed by atoms with Crippen LogP contribution in [0, 0.1) is 0 Å². The summed E-state index contributed by atoms with van der Waals surface area (Å²) in [5, 5.41) is 0. The van der Waals surface area contributed by atoms with Crippen molar-refractivity contribution < 1.29 is 9.53 Å². The van der Waals surface area contributed by atoms with E-state index in [4.69, 9.17) is 4.74 Å². The van der Waals surface area contributed by atoms with Gasteiger partial charge in [0.1, 0.15) is 12.4 Å². The highest BCUT2D eigenvalue weighted by Crippen LogP contribution is 2.27. The molecule has 0 aliphatic carbocycles. The summed E-state index contributed by atoms with van der Waals surface area (Å²) in [5.41, 5.74) is 3.57. The standard InChI is InChI=1S/C28H39N5O2/c1-30-12-6-2-3-8-26(30)28(34)33-17-18-35-27-10-9-23(19-24(27)21-33)20-31-13-15-32(16-14-31)22-25-7-4-5-11-29-25/h4-5,7,9-11,19,26H,2-3,6,8,12-18,20-22H2,1H3. The SMILES string of the molecule is CN1CCCCCC1C(=O)N1CCOc2ccc(CN3CCN(Cc4ccccn4)CC3)cc2C1. The molecule has 1 atom stereocenters. The number of amides is 1.